The van der Waals surface area contributed by atoms with Crippen molar-refractivity contribution in [2.75, 3.05) is 6.54 Å². The number of urea groups is 1. The molecule has 1 unspecified atom stereocenters. The van der Waals surface area contributed by atoms with E-state index < -0.39 is 6.03 Å². The number of nitrogens with one attached hydrogen (secondary N) is 1. The molecule has 0 radical (unpaired) electrons. The normalized spacial score (nSPS) is 15.5. The lowest BCUT2D eigenvalue weighted by Gasteiger charge is -2.25. The van der Waals surface area contributed by atoms with Gasteiger partial charge in [-0.2, -0.15) is 4.80 Å². The minimum absolute atomic E-state index is 0.188. The number of aromatic amines is 1. The molecule has 0 saturated carbocycles. The molecule has 1 atom stereocenters. The molecule has 0 aliphatic carbocycles. The number of imidazole rings is 1. The molecule has 0 bridgehead atoms. The minimum Gasteiger partial charge on any atom is -0.457 e. The van der Waals surface area contributed by atoms with E-state index in [4.69, 9.17) is 15.5 Å². The predicted octanol–water partition coefficient (Wildman–Crippen LogP) is 3.82. The van der Waals surface area contributed by atoms with E-state index in [9.17, 15) is 4.79 Å². The number of ether oxygens (including phenoxy) is 1. The second-order valence-corrected chi connectivity index (χ2v) is 8.63. The number of tetrazole rings is 1. The molecule has 0 spiro atoms. The van der Waals surface area contributed by atoms with Gasteiger partial charge in [0.25, 0.3) is 0 Å². The summed E-state index contributed by atoms with van der Waals surface area (Å²) in [4.78, 5) is 27.7. The molecule has 11 heteroatoms. The number of primary amides is 1. The van der Waals surface area contributed by atoms with Gasteiger partial charge < -0.3 is 20.4 Å². The molecule has 3 aromatic heterocycles. The van der Waals surface area contributed by atoms with Gasteiger partial charge in [0.1, 0.15) is 17.2 Å². The van der Waals surface area contributed by atoms with Gasteiger partial charge in [0.2, 0.25) is 5.82 Å². The van der Waals surface area contributed by atoms with Gasteiger partial charge in [-0.25, -0.2) is 9.78 Å². The average Bonchev–Trinajstić information content (AvgIpc) is 3.64. The first kappa shape index (κ1) is 21.7. The Morgan fingerprint density at radius 3 is 2.75 bits per heavy atom. The molecule has 6 rings (SSSR count). The number of hydrogen-bond donors (Lipinski definition) is 2. The maximum absolute atomic E-state index is 12.1. The van der Waals surface area contributed by atoms with E-state index >= 15 is 0 Å². The van der Waals surface area contributed by atoms with Gasteiger partial charge in [-0.3, -0.25) is 4.98 Å². The smallest absolute Gasteiger partial charge is 0.315 e. The highest BCUT2D eigenvalue weighted by Gasteiger charge is 2.31. The fourth-order valence-corrected chi connectivity index (χ4v) is 4.58. The van der Waals surface area contributed by atoms with Gasteiger partial charge in [-0.1, -0.05) is 6.07 Å². The molecule has 36 heavy (non-hydrogen) atoms. The first-order valence-corrected chi connectivity index (χ1v) is 11.6. The molecule has 5 aromatic rings. The van der Waals surface area contributed by atoms with Crippen LogP contribution in [0.15, 0.2) is 60.8 Å². The molecule has 1 aliphatic heterocycles. The van der Waals surface area contributed by atoms with Crippen LogP contribution in [0.5, 0.6) is 11.5 Å². The quantitative estimate of drug-likeness (QED) is 0.389. The highest BCUT2D eigenvalue weighted by atomic mass is 16.5. The van der Waals surface area contributed by atoms with Gasteiger partial charge >= 0.3 is 6.03 Å². The zero-order chi connectivity index (χ0) is 24.6. The molecule has 4 heterocycles. The lowest BCUT2D eigenvalue weighted by atomic mass is 10.0. The van der Waals surface area contributed by atoms with Crippen LogP contribution >= 0.6 is 0 Å². The van der Waals surface area contributed by atoms with Crippen molar-refractivity contribution < 1.29 is 9.53 Å². The third kappa shape index (κ3) is 4.00. The number of benzene rings is 2. The highest BCUT2D eigenvalue weighted by molar-refractivity contribution is 5.82. The molecular formula is C25H23N9O2. The third-order valence-corrected chi connectivity index (χ3v) is 6.26. The van der Waals surface area contributed by atoms with E-state index in [1.807, 2.05) is 54.6 Å². The zero-order valence-corrected chi connectivity index (χ0v) is 19.5. The van der Waals surface area contributed by atoms with Crippen LogP contribution in [-0.2, 0) is 7.05 Å². The Hall–Kier alpha value is -4.80. The summed E-state index contributed by atoms with van der Waals surface area (Å²) in [5.74, 6) is 2.44. The number of rotatable bonds is 5. The van der Waals surface area contributed by atoms with Crippen LogP contribution in [0.2, 0.25) is 0 Å². The summed E-state index contributed by atoms with van der Waals surface area (Å²) >= 11 is 0. The van der Waals surface area contributed by atoms with E-state index in [-0.39, 0.29) is 6.04 Å². The van der Waals surface area contributed by atoms with Crippen LogP contribution in [0.1, 0.15) is 24.4 Å². The number of H-pyrrole nitrogens is 1. The van der Waals surface area contributed by atoms with Gasteiger partial charge in [0.15, 0.2) is 5.82 Å². The molecule has 2 aromatic carbocycles. The molecular weight excluding hydrogens is 458 g/mol. The van der Waals surface area contributed by atoms with Crippen molar-refractivity contribution in [3.63, 3.8) is 0 Å². The maximum Gasteiger partial charge on any atom is 0.315 e. The van der Waals surface area contributed by atoms with Crippen LogP contribution < -0.4 is 10.5 Å². The van der Waals surface area contributed by atoms with E-state index in [1.54, 1.807) is 18.1 Å². The summed E-state index contributed by atoms with van der Waals surface area (Å²) in [7, 11) is 1.72. The predicted molar refractivity (Wildman–Crippen MR) is 132 cm³/mol. The van der Waals surface area contributed by atoms with Crippen molar-refractivity contribution in [3.8, 4) is 34.4 Å². The molecule has 11 nitrogen and oxygen atoms in total. The molecule has 2 amide bonds. The summed E-state index contributed by atoms with van der Waals surface area (Å²) in [5, 5.41) is 12.2. The first-order chi connectivity index (χ1) is 17.5. The highest BCUT2D eigenvalue weighted by Crippen LogP contribution is 2.41. The number of likely N-dealkylation sites (tertiary alicyclic amines) is 1. The number of nitrogens with two attached hydrogens (primary N) is 1. The number of pyridine rings is 1. The SMILES string of the molecule is Cn1nnc(-c2ccc(Oc3cc4nc(-c5ccccn5)[nH]c4cc3C3CCCN3C(N)=O)cc2)n1. The molecule has 1 saturated heterocycles. The van der Waals surface area contributed by atoms with E-state index in [2.05, 4.69) is 25.4 Å². The summed E-state index contributed by atoms with van der Waals surface area (Å²) < 4.78 is 6.36. The Balaban J connectivity index is 1.40. The number of fused-ring (bicyclic) bond motifs is 1. The average molecular weight is 482 g/mol. The van der Waals surface area contributed by atoms with Crippen molar-refractivity contribution in [1.82, 2.24) is 40.1 Å². The topological polar surface area (TPSA) is 141 Å². The Labute approximate surface area is 205 Å². The Morgan fingerprint density at radius 1 is 1.17 bits per heavy atom. The summed E-state index contributed by atoms with van der Waals surface area (Å²) in [5.41, 5.74) is 9.70. The Bertz CT molecular complexity index is 1540. The van der Waals surface area contributed by atoms with Crippen molar-refractivity contribution in [3.05, 3.63) is 66.4 Å². The van der Waals surface area contributed by atoms with Gasteiger partial charge in [-0.15, -0.1) is 10.2 Å². The third-order valence-electron chi connectivity index (χ3n) is 6.26. The van der Waals surface area contributed by atoms with Crippen LogP contribution in [-0.4, -0.2) is 52.6 Å². The van der Waals surface area contributed by atoms with Crippen molar-refractivity contribution >= 4 is 17.1 Å². The lowest BCUT2D eigenvalue weighted by Crippen LogP contribution is -2.35. The second-order valence-electron chi connectivity index (χ2n) is 8.63. The van der Waals surface area contributed by atoms with Crippen molar-refractivity contribution in [2.45, 2.75) is 18.9 Å². The fraction of sp³-hybridized carbons (Fsp3) is 0.200. The Morgan fingerprint density at radius 2 is 2.03 bits per heavy atom. The number of carbonyl (C=O) groups excluding carboxylic acids is 1. The number of aryl methyl sites for hydroxylation is 1. The van der Waals surface area contributed by atoms with E-state index in [0.717, 1.165) is 40.7 Å². The van der Waals surface area contributed by atoms with E-state index in [0.29, 0.717) is 29.7 Å². The number of amides is 2. The number of nitrogens with zero attached hydrogens (tertiary/aromatic N) is 7. The largest absolute Gasteiger partial charge is 0.457 e. The monoisotopic (exact) mass is 481 g/mol. The van der Waals surface area contributed by atoms with Gasteiger partial charge in [0.05, 0.1) is 24.1 Å². The van der Waals surface area contributed by atoms with Crippen LogP contribution in [0, 0.1) is 0 Å². The van der Waals surface area contributed by atoms with Gasteiger partial charge in [0, 0.05) is 29.9 Å². The lowest BCUT2D eigenvalue weighted by molar-refractivity contribution is 0.202. The summed E-state index contributed by atoms with van der Waals surface area (Å²) in [6.45, 7) is 0.611. The molecule has 3 N–H and O–H groups in total. The molecule has 1 fully saturated rings. The second kappa shape index (κ2) is 8.77. The zero-order valence-electron chi connectivity index (χ0n) is 19.5. The molecule has 180 valence electrons. The van der Waals surface area contributed by atoms with Crippen LogP contribution in [0.25, 0.3) is 33.9 Å². The summed E-state index contributed by atoms with van der Waals surface area (Å²) in [6, 6.07) is 16.4. The van der Waals surface area contributed by atoms with E-state index in [1.165, 1.54) is 4.80 Å². The van der Waals surface area contributed by atoms with Crippen molar-refractivity contribution in [1.29, 1.82) is 0 Å². The first-order valence-electron chi connectivity index (χ1n) is 11.6. The number of hydrogen-bond acceptors (Lipinski definition) is 7. The van der Waals surface area contributed by atoms with Crippen LogP contribution in [0.3, 0.4) is 0 Å². The number of aromatic nitrogens is 7. The van der Waals surface area contributed by atoms with Crippen LogP contribution in [0.4, 0.5) is 4.79 Å². The maximum atomic E-state index is 12.1. The number of carbonyl (C=O) groups is 1. The fourth-order valence-electron chi connectivity index (χ4n) is 4.58. The van der Waals surface area contributed by atoms with Gasteiger partial charge in [-0.05, 0) is 60.5 Å². The Kier molecular flexibility index (Phi) is 5.29. The van der Waals surface area contributed by atoms with Crippen molar-refractivity contribution in [2.24, 2.45) is 12.8 Å². The summed E-state index contributed by atoms with van der Waals surface area (Å²) in [6.07, 6.45) is 3.39. The molecule has 1 aliphatic rings. The standard InChI is InChI=1S/C25H23N9O2/c1-33-31-23(30-32-33)15-7-9-16(10-8-15)36-22-14-20-19(28-24(29-20)18-5-2-3-11-27-18)13-17(22)21-6-4-12-34(21)25(26)35/h2-3,5,7-11,13-14,21H,4,6,12H2,1H3,(H2,26,35)(H,28,29). The minimum atomic E-state index is -0.442.